The zero-order valence-corrected chi connectivity index (χ0v) is 13.6. The molecule has 0 aliphatic heterocycles. The Balaban J connectivity index is 1.77. The number of carbonyl (C=O) groups excluding carboxylic acids is 3. The highest BCUT2D eigenvalue weighted by Crippen LogP contribution is 2.22. The first-order chi connectivity index (χ1) is 12.7. The number of ether oxygens (including phenoxy) is 2. The van der Waals surface area contributed by atoms with Gasteiger partial charge in [-0.25, -0.2) is 4.79 Å². The Bertz CT molecular complexity index is 808. The summed E-state index contributed by atoms with van der Waals surface area (Å²) in [4.78, 5) is 35.0. The number of rotatable bonds is 5. The molecule has 0 heterocycles. The average Bonchev–Trinajstić information content (AvgIpc) is 2.64. The monoisotopic (exact) mass is 382 g/mol. The normalized spacial score (nSPS) is 10.6. The van der Waals surface area contributed by atoms with Gasteiger partial charge in [-0.1, -0.05) is 18.2 Å². The van der Waals surface area contributed by atoms with Gasteiger partial charge in [-0.3, -0.25) is 20.4 Å². The Morgan fingerprint density at radius 2 is 1.48 bits per heavy atom. The van der Waals surface area contributed by atoms with Gasteiger partial charge in [0.2, 0.25) is 0 Å². The Morgan fingerprint density at radius 1 is 0.852 bits per heavy atom. The van der Waals surface area contributed by atoms with E-state index in [-0.39, 0.29) is 5.56 Å². The van der Waals surface area contributed by atoms with Gasteiger partial charge in [0.05, 0.1) is 5.56 Å². The lowest BCUT2D eigenvalue weighted by molar-refractivity contribution is -0.274. The lowest BCUT2D eigenvalue weighted by Crippen LogP contribution is -2.43. The van der Waals surface area contributed by atoms with E-state index in [4.69, 9.17) is 4.74 Å². The van der Waals surface area contributed by atoms with Crippen molar-refractivity contribution in [2.24, 2.45) is 0 Å². The quantitative estimate of drug-likeness (QED) is 0.611. The minimum atomic E-state index is -4.84. The van der Waals surface area contributed by atoms with Gasteiger partial charge in [0.1, 0.15) is 5.75 Å². The predicted octanol–water partition coefficient (Wildman–Crippen LogP) is 2.20. The van der Waals surface area contributed by atoms with Crippen LogP contribution in [0.5, 0.6) is 5.75 Å². The number of benzene rings is 2. The number of alkyl halides is 3. The molecule has 2 N–H and O–H groups in total. The van der Waals surface area contributed by atoms with Crippen LogP contribution in [0.1, 0.15) is 20.7 Å². The lowest BCUT2D eigenvalue weighted by atomic mass is 10.2. The van der Waals surface area contributed by atoms with Crippen molar-refractivity contribution in [2.75, 3.05) is 6.61 Å². The van der Waals surface area contributed by atoms with Crippen LogP contribution < -0.4 is 15.6 Å². The Labute approximate surface area is 151 Å². The van der Waals surface area contributed by atoms with Crippen molar-refractivity contribution in [3.8, 4) is 5.75 Å². The second kappa shape index (κ2) is 8.70. The molecule has 2 aromatic rings. The molecular formula is C17H13F3N2O5. The molecular weight excluding hydrogens is 369 g/mol. The molecule has 2 aromatic carbocycles. The minimum absolute atomic E-state index is 0.0781. The van der Waals surface area contributed by atoms with Crippen molar-refractivity contribution in [1.29, 1.82) is 0 Å². The maximum absolute atomic E-state index is 12.1. The summed E-state index contributed by atoms with van der Waals surface area (Å²) >= 11 is 0. The van der Waals surface area contributed by atoms with Gasteiger partial charge in [0.15, 0.2) is 6.61 Å². The first kappa shape index (κ1) is 19.8. The predicted molar refractivity (Wildman–Crippen MR) is 85.5 cm³/mol. The van der Waals surface area contributed by atoms with Crippen LogP contribution in [-0.2, 0) is 9.53 Å². The van der Waals surface area contributed by atoms with E-state index in [9.17, 15) is 27.6 Å². The lowest BCUT2D eigenvalue weighted by Gasteiger charge is -2.10. The summed E-state index contributed by atoms with van der Waals surface area (Å²) in [6.45, 7) is -0.700. The van der Waals surface area contributed by atoms with E-state index in [1.807, 2.05) is 0 Å². The van der Waals surface area contributed by atoms with Crippen molar-refractivity contribution in [1.82, 2.24) is 10.9 Å². The van der Waals surface area contributed by atoms with E-state index in [1.165, 1.54) is 12.1 Å². The van der Waals surface area contributed by atoms with E-state index < -0.39 is 36.5 Å². The Kier molecular flexibility index (Phi) is 6.36. The molecule has 0 saturated heterocycles. The summed E-state index contributed by atoms with van der Waals surface area (Å²) in [5, 5.41) is 0. The third kappa shape index (κ3) is 6.69. The molecule has 0 aliphatic rings. The fraction of sp³-hybridized carbons (Fsp3) is 0.118. The number of hydrazine groups is 1. The van der Waals surface area contributed by atoms with Crippen LogP contribution >= 0.6 is 0 Å². The van der Waals surface area contributed by atoms with Crippen LogP contribution in [-0.4, -0.2) is 30.8 Å². The minimum Gasteiger partial charge on any atom is -0.452 e. The largest absolute Gasteiger partial charge is 0.573 e. The Morgan fingerprint density at radius 3 is 2.07 bits per heavy atom. The fourth-order valence-electron chi connectivity index (χ4n) is 1.83. The van der Waals surface area contributed by atoms with Gasteiger partial charge in [0, 0.05) is 5.56 Å². The van der Waals surface area contributed by atoms with E-state index in [2.05, 4.69) is 15.6 Å². The molecule has 2 rings (SSSR count). The van der Waals surface area contributed by atoms with Crippen molar-refractivity contribution in [2.45, 2.75) is 6.36 Å². The van der Waals surface area contributed by atoms with Crippen LogP contribution in [0.25, 0.3) is 0 Å². The summed E-state index contributed by atoms with van der Waals surface area (Å²) in [6, 6.07) is 12.1. The summed E-state index contributed by atoms with van der Waals surface area (Å²) in [5.74, 6) is -2.79. The van der Waals surface area contributed by atoms with E-state index in [0.29, 0.717) is 5.56 Å². The molecule has 7 nitrogen and oxygen atoms in total. The number of nitrogens with one attached hydrogen (secondary N) is 2. The third-order valence-corrected chi connectivity index (χ3v) is 3.01. The van der Waals surface area contributed by atoms with Crippen LogP contribution in [0.15, 0.2) is 54.6 Å². The number of halogens is 3. The summed E-state index contributed by atoms with van der Waals surface area (Å²) in [5.41, 5.74) is 4.44. The summed E-state index contributed by atoms with van der Waals surface area (Å²) in [6.07, 6.45) is -4.84. The molecule has 10 heteroatoms. The van der Waals surface area contributed by atoms with Crippen LogP contribution in [0.3, 0.4) is 0 Å². The van der Waals surface area contributed by atoms with Gasteiger partial charge >= 0.3 is 12.3 Å². The molecule has 142 valence electrons. The van der Waals surface area contributed by atoms with Gasteiger partial charge in [-0.05, 0) is 36.4 Å². The van der Waals surface area contributed by atoms with Crippen molar-refractivity contribution in [3.05, 3.63) is 65.7 Å². The van der Waals surface area contributed by atoms with Crippen LogP contribution in [0, 0.1) is 0 Å². The molecule has 27 heavy (non-hydrogen) atoms. The standard InChI is InChI=1S/C17H13F3N2O5/c18-17(19,20)27-13-8-6-12(7-9-13)16(25)26-10-14(23)21-22-15(24)11-4-2-1-3-5-11/h1-9H,10H2,(H,21,23)(H,22,24). The molecule has 0 radical (unpaired) electrons. The number of esters is 1. The van der Waals surface area contributed by atoms with E-state index in [1.54, 1.807) is 18.2 Å². The highest BCUT2D eigenvalue weighted by Gasteiger charge is 2.31. The van der Waals surface area contributed by atoms with Crippen LogP contribution in [0.2, 0.25) is 0 Å². The van der Waals surface area contributed by atoms with Gasteiger partial charge < -0.3 is 9.47 Å². The number of amides is 2. The van der Waals surface area contributed by atoms with Gasteiger partial charge in [0.25, 0.3) is 11.8 Å². The van der Waals surface area contributed by atoms with Gasteiger partial charge in [-0.2, -0.15) is 0 Å². The van der Waals surface area contributed by atoms with E-state index >= 15 is 0 Å². The maximum atomic E-state index is 12.1. The smallest absolute Gasteiger partial charge is 0.452 e. The highest BCUT2D eigenvalue weighted by molar-refractivity contribution is 5.96. The Hall–Kier alpha value is -3.56. The average molecular weight is 382 g/mol. The second-order valence-corrected chi connectivity index (χ2v) is 5.02. The molecule has 0 bridgehead atoms. The second-order valence-electron chi connectivity index (χ2n) is 5.02. The zero-order valence-electron chi connectivity index (χ0n) is 13.6. The summed E-state index contributed by atoms with van der Waals surface area (Å²) < 4.78 is 44.6. The molecule has 2 amide bonds. The van der Waals surface area contributed by atoms with Gasteiger partial charge in [-0.15, -0.1) is 13.2 Å². The molecule has 0 atom stereocenters. The van der Waals surface area contributed by atoms with Crippen molar-refractivity contribution < 1.29 is 37.0 Å². The first-order valence-corrected chi connectivity index (χ1v) is 7.42. The van der Waals surface area contributed by atoms with Crippen LogP contribution in [0.4, 0.5) is 13.2 Å². The fourth-order valence-corrected chi connectivity index (χ4v) is 1.83. The van der Waals surface area contributed by atoms with Crippen molar-refractivity contribution >= 4 is 17.8 Å². The van der Waals surface area contributed by atoms with Crippen molar-refractivity contribution in [3.63, 3.8) is 0 Å². The zero-order chi connectivity index (χ0) is 19.9. The maximum Gasteiger partial charge on any atom is 0.573 e. The first-order valence-electron chi connectivity index (χ1n) is 7.42. The molecule has 0 spiro atoms. The summed E-state index contributed by atoms with van der Waals surface area (Å²) in [7, 11) is 0. The third-order valence-electron chi connectivity index (χ3n) is 3.01. The number of hydrogen-bond acceptors (Lipinski definition) is 5. The molecule has 0 fully saturated rings. The molecule has 0 saturated carbocycles. The number of hydrogen-bond donors (Lipinski definition) is 2. The number of carbonyl (C=O) groups is 3. The molecule has 0 aliphatic carbocycles. The SMILES string of the molecule is O=C(COC(=O)c1ccc(OC(F)(F)F)cc1)NNC(=O)c1ccccc1. The molecule has 0 unspecified atom stereocenters. The van der Waals surface area contributed by atoms with E-state index in [0.717, 1.165) is 24.3 Å². The molecule has 0 aromatic heterocycles. The highest BCUT2D eigenvalue weighted by atomic mass is 19.4. The topological polar surface area (TPSA) is 93.7 Å².